The highest BCUT2D eigenvalue weighted by molar-refractivity contribution is 6.33. The fraction of sp³-hybridized carbons (Fsp3) is 0.474. The van der Waals surface area contributed by atoms with Gasteiger partial charge in [0.15, 0.2) is 0 Å². The number of hydrogen-bond donors (Lipinski definition) is 0. The summed E-state index contributed by atoms with van der Waals surface area (Å²) in [6.45, 7) is 9.12. The van der Waals surface area contributed by atoms with Gasteiger partial charge < -0.3 is 4.90 Å². The maximum atomic E-state index is 12.7. The molecule has 2 heterocycles. The van der Waals surface area contributed by atoms with Crippen LogP contribution < -0.4 is 4.90 Å². The Hall–Kier alpha value is -1.85. The van der Waals surface area contributed by atoms with Crippen LogP contribution in [0.3, 0.4) is 0 Å². The van der Waals surface area contributed by atoms with E-state index in [1.165, 1.54) is 11.3 Å². The van der Waals surface area contributed by atoms with Crippen LogP contribution in [0.1, 0.15) is 31.5 Å². The van der Waals surface area contributed by atoms with Gasteiger partial charge >= 0.3 is 0 Å². The number of piperazine rings is 1. The largest absolute Gasteiger partial charge is 0.308 e. The number of anilines is 1. The molecule has 0 N–H and O–H groups in total. The molecule has 2 aromatic rings. The molecular formula is C19H25ClN4O. The molecule has 0 saturated carbocycles. The minimum Gasteiger partial charge on any atom is -0.308 e. The van der Waals surface area contributed by atoms with E-state index in [1.807, 2.05) is 35.1 Å². The summed E-state index contributed by atoms with van der Waals surface area (Å²) in [5.41, 5.74) is 3.18. The normalized spacial score (nSPS) is 18.8. The lowest BCUT2D eigenvalue weighted by molar-refractivity contribution is -0.122. The first-order valence-corrected chi connectivity index (χ1v) is 9.19. The highest BCUT2D eigenvalue weighted by atomic mass is 35.5. The Kier molecular flexibility index (Phi) is 5.45. The zero-order valence-corrected chi connectivity index (χ0v) is 15.8. The minimum atomic E-state index is 0.0878. The summed E-state index contributed by atoms with van der Waals surface area (Å²) >= 11 is 6.27. The molecule has 5 nitrogen and oxygen atoms in total. The number of rotatable bonds is 5. The second kappa shape index (κ2) is 7.58. The number of benzene rings is 1. The van der Waals surface area contributed by atoms with Crippen LogP contribution in [0.15, 0.2) is 30.5 Å². The highest BCUT2D eigenvalue weighted by Gasteiger charge is 2.31. The minimum absolute atomic E-state index is 0.0878. The highest BCUT2D eigenvalue weighted by Crippen LogP contribution is 2.28. The van der Waals surface area contributed by atoms with E-state index in [1.54, 1.807) is 4.90 Å². The lowest BCUT2D eigenvalue weighted by Gasteiger charge is -2.39. The first-order valence-electron chi connectivity index (χ1n) is 8.81. The average molecular weight is 361 g/mol. The molecule has 1 amide bonds. The van der Waals surface area contributed by atoms with Crippen LogP contribution >= 0.6 is 11.6 Å². The van der Waals surface area contributed by atoms with Crippen LogP contribution in [0.4, 0.5) is 5.69 Å². The van der Waals surface area contributed by atoms with Gasteiger partial charge in [-0.05, 0) is 32.4 Å². The van der Waals surface area contributed by atoms with Crippen molar-refractivity contribution in [3.63, 3.8) is 0 Å². The van der Waals surface area contributed by atoms with Gasteiger partial charge in [-0.15, -0.1) is 0 Å². The smallest absolute Gasteiger partial charge is 0.241 e. The van der Waals surface area contributed by atoms with Gasteiger partial charge in [-0.25, -0.2) is 0 Å². The lowest BCUT2D eigenvalue weighted by atomic mass is 10.1. The standard InChI is InChI=1S/C19H25ClN4O/c1-4-9-24-15(3)16(10-21-24)12-22-13-19(25)23(11-14(22)2)18-8-6-5-7-17(18)20/h5-8,10,14H,4,9,11-13H2,1-3H3. The van der Waals surface area contributed by atoms with Crippen molar-refractivity contribution < 1.29 is 4.79 Å². The second-order valence-corrected chi connectivity index (χ2v) is 7.10. The molecule has 3 rings (SSSR count). The van der Waals surface area contributed by atoms with Gasteiger partial charge in [-0.3, -0.25) is 14.4 Å². The summed E-state index contributed by atoms with van der Waals surface area (Å²) in [6, 6.07) is 7.78. The van der Waals surface area contributed by atoms with Crippen molar-refractivity contribution in [2.75, 3.05) is 18.0 Å². The van der Waals surface area contributed by atoms with Crippen LogP contribution in [0.5, 0.6) is 0 Å². The van der Waals surface area contributed by atoms with Crippen molar-refractivity contribution in [2.24, 2.45) is 0 Å². The molecule has 1 atom stereocenters. The third kappa shape index (κ3) is 3.72. The summed E-state index contributed by atoms with van der Waals surface area (Å²) < 4.78 is 2.04. The van der Waals surface area contributed by atoms with Gasteiger partial charge in [0.1, 0.15) is 0 Å². The molecule has 1 unspecified atom stereocenters. The fourth-order valence-electron chi connectivity index (χ4n) is 3.31. The van der Waals surface area contributed by atoms with Gasteiger partial charge in [0, 0.05) is 36.9 Å². The van der Waals surface area contributed by atoms with E-state index in [-0.39, 0.29) is 11.9 Å². The number of carbonyl (C=O) groups is 1. The third-order valence-electron chi connectivity index (χ3n) is 4.87. The SMILES string of the molecule is CCCn1ncc(CN2CC(=O)N(c3ccccc3Cl)CC2C)c1C. The monoisotopic (exact) mass is 360 g/mol. The van der Waals surface area contributed by atoms with Crippen LogP contribution in [-0.2, 0) is 17.9 Å². The Balaban J connectivity index is 1.73. The predicted octanol–water partition coefficient (Wildman–Crippen LogP) is 3.49. The first-order chi connectivity index (χ1) is 12.0. The van der Waals surface area contributed by atoms with E-state index in [0.717, 1.165) is 25.2 Å². The van der Waals surface area contributed by atoms with Crippen LogP contribution in [0, 0.1) is 6.92 Å². The Morgan fingerprint density at radius 1 is 1.32 bits per heavy atom. The quantitative estimate of drug-likeness (QED) is 0.819. The maximum Gasteiger partial charge on any atom is 0.241 e. The number of hydrogen-bond acceptors (Lipinski definition) is 3. The topological polar surface area (TPSA) is 41.4 Å². The number of aromatic nitrogens is 2. The Labute approximate surface area is 154 Å². The molecule has 0 radical (unpaired) electrons. The predicted molar refractivity (Wildman–Crippen MR) is 101 cm³/mol. The Morgan fingerprint density at radius 2 is 2.08 bits per heavy atom. The molecule has 1 saturated heterocycles. The molecule has 6 heteroatoms. The first kappa shape index (κ1) is 18.0. The summed E-state index contributed by atoms with van der Waals surface area (Å²) in [5, 5.41) is 5.09. The lowest BCUT2D eigenvalue weighted by Crippen LogP contribution is -2.55. The number of amides is 1. The van der Waals surface area contributed by atoms with Crippen molar-refractivity contribution in [1.82, 2.24) is 14.7 Å². The molecular weight excluding hydrogens is 336 g/mol. The zero-order chi connectivity index (χ0) is 18.0. The molecule has 1 aliphatic heterocycles. The summed E-state index contributed by atoms with van der Waals surface area (Å²) in [4.78, 5) is 16.7. The molecule has 0 bridgehead atoms. The molecule has 0 spiro atoms. The fourth-order valence-corrected chi connectivity index (χ4v) is 3.55. The number of nitrogens with zero attached hydrogens (tertiary/aromatic N) is 4. The van der Waals surface area contributed by atoms with E-state index in [4.69, 9.17) is 11.6 Å². The second-order valence-electron chi connectivity index (χ2n) is 6.69. The summed E-state index contributed by atoms with van der Waals surface area (Å²) in [7, 11) is 0. The van der Waals surface area contributed by atoms with E-state index < -0.39 is 0 Å². The Morgan fingerprint density at radius 3 is 2.80 bits per heavy atom. The van der Waals surface area contributed by atoms with E-state index in [2.05, 4.69) is 30.8 Å². The number of halogens is 1. The molecule has 25 heavy (non-hydrogen) atoms. The van der Waals surface area contributed by atoms with Crippen molar-refractivity contribution in [1.29, 1.82) is 0 Å². The molecule has 1 aliphatic rings. The zero-order valence-electron chi connectivity index (χ0n) is 15.1. The van der Waals surface area contributed by atoms with Crippen LogP contribution in [0.25, 0.3) is 0 Å². The summed E-state index contributed by atoms with van der Waals surface area (Å²) in [5.74, 6) is 0.0878. The third-order valence-corrected chi connectivity index (χ3v) is 5.19. The van der Waals surface area contributed by atoms with Crippen molar-refractivity contribution >= 4 is 23.2 Å². The van der Waals surface area contributed by atoms with E-state index >= 15 is 0 Å². The van der Waals surface area contributed by atoms with Gasteiger partial charge in [-0.1, -0.05) is 30.7 Å². The summed E-state index contributed by atoms with van der Waals surface area (Å²) in [6.07, 6.45) is 3.00. The Bertz CT molecular complexity index is 758. The van der Waals surface area contributed by atoms with Crippen LogP contribution in [0.2, 0.25) is 5.02 Å². The van der Waals surface area contributed by atoms with Gasteiger partial charge in [-0.2, -0.15) is 5.10 Å². The molecule has 0 aliphatic carbocycles. The van der Waals surface area contributed by atoms with Crippen molar-refractivity contribution in [2.45, 2.75) is 46.3 Å². The number of aryl methyl sites for hydroxylation is 1. The molecule has 1 aromatic carbocycles. The molecule has 1 aromatic heterocycles. The van der Waals surface area contributed by atoms with Gasteiger partial charge in [0.25, 0.3) is 0 Å². The van der Waals surface area contributed by atoms with Gasteiger partial charge in [0.2, 0.25) is 5.91 Å². The molecule has 1 fully saturated rings. The number of para-hydroxylation sites is 1. The average Bonchev–Trinajstić information content (AvgIpc) is 2.92. The maximum absolute atomic E-state index is 12.7. The van der Waals surface area contributed by atoms with Crippen molar-refractivity contribution in [3.8, 4) is 0 Å². The van der Waals surface area contributed by atoms with E-state index in [0.29, 0.717) is 18.1 Å². The molecule has 134 valence electrons. The van der Waals surface area contributed by atoms with E-state index in [9.17, 15) is 4.79 Å². The van der Waals surface area contributed by atoms with Crippen molar-refractivity contribution in [3.05, 3.63) is 46.7 Å². The van der Waals surface area contributed by atoms with Crippen LogP contribution in [-0.4, -0.2) is 39.7 Å². The number of carbonyl (C=O) groups excluding carboxylic acids is 1. The van der Waals surface area contributed by atoms with Gasteiger partial charge in [0.05, 0.1) is 23.5 Å².